The highest BCUT2D eigenvalue weighted by atomic mass is 127. The molecule has 142 valence electrons. The van der Waals surface area contributed by atoms with Gasteiger partial charge in [0.25, 0.3) is 0 Å². The number of nitrogens with one attached hydrogen (secondary N) is 1. The molecule has 3 N–H and O–H groups in total. The summed E-state index contributed by atoms with van der Waals surface area (Å²) >= 11 is 0. The number of benzene rings is 2. The largest absolute Gasteiger partial charge is 0.573 e. The lowest BCUT2D eigenvalue weighted by atomic mass is 10.3. The highest BCUT2D eigenvalue weighted by molar-refractivity contribution is 14.0. The Hall–Kier alpha value is -2.17. The number of hydrogen-bond donors (Lipinski definition) is 2. The third-order valence-electron chi connectivity index (χ3n) is 2.96. The van der Waals surface area contributed by atoms with Crippen LogP contribution in [-0.2, 0) is 0 Å². The van der Waals surface area contributed by atoms with Gasteiger partial charge in [0.1, 0.15) is 11.5 Å². The van der Waals surface area contributed by atoms with Crippen LogP contribution in [0, 0.1) is 0 Å². The average molecular weight is 481 g/mol. The molecule has 0 aliphatic carbocycles. The van der Waals surface area contributed by atoms with Crippen molar-refractivity contribution in [3.8, 4) is 11.5 Å². The maximum atomic E-state index is 12.1. The van der Waals surface area contributed by atoms with E-state index in [1.54, 1.807) is 0 Å². The highest BCUT2D eigenvalue weighted by Gasteiger charge is 2.30. The molecular weight excluding hydrogens is 462 g/mol. The molecule has 26 heavy (non-hydrogen) atoms. The van der Waals surface area contributed by atoms with Gasteiger partial charge in [-0.15, -0.1) is 37.1 Å². The van der Waals surface area contributed by atoms with E-state index < -0.39 is 6.36 Å². The van der Waals surface area contributed by atoms with Crippen LogP contribution >= 0.6 is 24.0 Å². The summed E-state index contributed by atoms with van der Waals surface area (Å²) < 4.78 is 45.5. The van der Waals surface area contributed by atoms with Crippen LogP contribution in [0.2, 0.25) is 0 Å². The molecule has 0 aliphatic rings. The number of guanidine groups is 1. The second kappa shape index (κ2) is 10.7. The standard InChI is InChI=1S/C17H18F3N3O2.HI/c18-17(19,20)25-15-9-7-13(8-10-15)23-16(21)22-11-4-12-24-14-5-2-1-3-6-14;/h1-3,5-10H,4,11-12H2,(H3,21,22,23);1H. The molecule has 0 aliphatic heterocycles. The van der Waals surface area contributed by atoms with E-state index >= 15 is 0 Å². The summed E-state index contributed by atoms with van der Waals surface area (Å²) in [6, 6.07) is 14.6. The van der Waals surface area contributed by atoms with Gasteiger partial charge in [-0.1, -0.05) is 18.2 Å². The van der Waals surface area contributed by atoms with Gasteiger partial charge in [-0.25, -0.2) is 0 Å². The molecule has 9 heteroatoms. The van der Waals surface area contributed by atoms with E-state index in [9.17, 15) is 13.2 Å². The smallest absolute Gasteiger partial charge is 0.494 e. The molecule has 5 nitrogen and oxygen atoms in total. The predicted molar refractivity (Wildman–Crippen MR) is 105 cm³/mol. The van der Waals surface area contributed by atoms with Crippen molar-refractivity contribution in [3.05, 3.63) is 54.6 Å². The Bertz CT molecular complexity index is 680. The van der Waals surface area contributed by atoms with Crippen LogP contribution in [0.15, 0.2) is 59.6 Å². The van der Waals surface area contributed by atoms with E-state index in [1.807, 2.05) is 30.3 Å². The molecule has 0 saturated carbocycles. The van der Waals surface area contributed by atoms with Crippen molar-refractivity contribution < 1.29 is 22.6 Å². The first-order chi connectivity index (χ1) is 11.9. The van der Waals surface area contributed by atoms with Gasteiger partial charge in [-0.05, 0) is 36.4 Å². The molecule has 0 spiro atoms. The molecule has 2 aromatic rings. The zero-order valence-corrected chi connectivity index (χ0v) is 16.0. The number of alkyl halides is 3. The van der Waals surface area contributed by atoms with Crippen molar-refractivity contribution in [1.82, 2.24) is 0 Å². The molecule has 0 bridgehead atoms. The normalized spacial score (nSPS) is 11.4. The maximum absolute atomic E-state index is 12.1. The minimum atomic E-state index is -4.71. The van der Waals surface area contributed by atoms with E-state index in [2.05, 4.69) is 15.0 Å². The van der Waals surface area contributed by atoms with Gasteiger partial charge in [-0.3, -0.25) is 4.99 Å². The van der Waals surface area contributed by atoms with E-state index in [0.717, 1.165) is 5.75 Å². The van der Waals surface area contributed by atoms with E-state index in [-0.39, 0.29) is 35.7 Å². The number of para-hydroxylation sites is 1. The Morgan fingerprint density at radius 3 is 2.27 bits per heavy atom. The van der Waals surface area contributed by atoms with Gasteiger partial charge in [0.15, 0.2) is 5.96 Å². The summed E-state index contributed by atoms with van der Waals surface area (Å²) in [6.45, 7) is 0.963. The second-order valence-corrected chi connectivity index (χ2v) is 4.98. The lowest BCUT2D eigenvalue weighted by Gasteiger charge is -2.10. The molecule has 0 aromatic heterocycles. The van der Waals surface area contributed by atoms with E-state index in [4.69, 9.17) is 10.5 Å². The molecule has 2 rings (SSSR count). The van der Waals surface area contributed by atoms with Crippen molar-refractivity contribution in [1.29, 1.82) is 0 Å². The first kappa shape index (κ1) is 21.9. The molecular formula is C17H19F3IN3O2. The Morgan fingerprint density at radius 1 is 1.00 bits per heavy atom. The SMILES string of the molecule is I.NC(=NCCCOc1ccccc1)Nc1ccc(OC(F)(F)F)cc1. The third-order valence-corrected chi connectivity index (χ3v) is 2.96. The Balaban J connectivity index is 0.00000338. The van der Waals surface area contributed by atoms with Gasteiger partial charge in [0, 0.05) is 18.7 Å². The van der Waals surface area contributed by atoms with Crippen molar-refractivity contribution >= 4 is 35.6 Å². The van der Waals surface area contributed by atoms with E-state index in [0.29, 0.717) is 25.3 Å². The summed E-state index contributed by atoms with van der Waals surface area (Å²) in [5, 5.41) is 2.79. The molecule has 2 aromatic carbocycles. The fourth-order valence-corrected chi connectivity index (χ4v) is 1.90. The summed E-state index contributed by atoms with van der Waals surface area (Å²) in [6.07, 6.45) is -4.03. The minimum Gasteiger partial charge on any atom is -0.494 e. The zero-order valence-electron chi connectivity index (χ0n) is 13.7. The molecule has 0 atom stereocenters. The number of ether oxygens (including phenoxy) is 2. The number of anilines is 1. The Kier molecular flexibility index (Phi) is 9.03. The van der Waals surface area contributed by atoms with Crippen LogP contribution in [0.25, 0.3) is 0 Å². The summed E-state index contributed by atoms with van der Waals surface area (Å²) in [5.41, 5.74) is 6.24. The number of rotatable bonds is 7. The molecule has 0 fully saturated rings. The fraction of sp³-hybridized carbons (Fsp3) is 0.235. The van der Waals surface area contributed by atoms with Crippen LogP contribution < -0.4 is 20.5 Å². The summed E-state index contributed by atoms with van der Waals surface area (Å²) in [4.78, 5) is 4.12. The monoisotopic (exact) mass is 481 g/mol. The van der Waals surface area contributed by atoms with Gasteiger partial charge >= 0.3 is 6.36 Å². The number of hydrogen-bond acceptors (Lipinski definition) is 3. The summed E-state index contributed by atoms with van der Waals surface area (Å²) in [5.74, 6) is 0.662. The van der Waals surface area contributed by atoms with Crippen LogP contribution in [0.4, 0.5) is 18.9 Å². The van der Waals surface area contributed by atoms with E-state index in [1.165, 1.54) is 24.3 Å². The number of aliphatic imine (C=N–C) groups is 1. The molecule has 0 heterocycles. The first-order valence-electron chi connectivity index (χ1n) is 7.53. The van der Waals surface area contributed by atoms with Gasteiger partial charge in [0.05, 0.1) is 6.61 Å². The quantitative estimate of drug-likeness (QED) is 0.266. The van der Waals surface area contributed by atoms with Crippen molar-refractivity contribution in [3.63, 3.8) is 0 Å². The fourth-order valence-electron chi connectivity index (χ4n) is 1.90. The van der Waals surface area contributed by atoms with Crippen LogP contribution in [0.5, 0.6) is 11.5 Å². The number of nitrogens with two attached hydrogens (primary N) is 1. The third kappa shape index (κ3) is 8.79. The first-order valence-corrected chi connectivity index (χ1v) is 7.53. The second-order valence-electron chi connectivity index (χ2n) is 4.98. The van der Waals surface area contributed by atoms with Crippen molar-refractivity contribution in [2.45, 2.75) is 12.8 Å². The summed E-state index contributed by atoms with van der Waals surface area (Å²) in [7, 11) is 0. The highest BCUT2D eigenvalue weighted by Crippen LogP contribution is 2.23. The lowest BCUT2D eigenvalue weighted by molar-refractivity contribution is -0.274. The van der Waals surface area contributed by atoms with Gasteiger partial charge in [0.2, 0.25) is 0 Å². The lowest BCUT2D eigenvalue weighted by Crippen LogP contribution is -2.23. The Labute approximate surface area is 166 Å². The maximum Gasteiger partial charge on any atom is 0.573 e. The molecule has 0 unspecified atom stereocenters. The topological polar surface area (TPSA) is 68.9 Å². The minimum absolute atomic E-state index is 0. The van der Waals surface area contributed by atoms with Crippen LogP contribution in [-0.4, -0.2) is 25.5 Å². The van der Waals surface area contributed by atoms with Gasteiger partial charge in [-0.2, -0.15) is 0 Å². The molecule has 0 radical (unpaired) electrons. The van der Waals surface area contributed by atoms with Crippen molar-refractivity contribution in [2.24, 2.45) is 10.7 Å². The number of nitrogens with zero attached hydrogens (tertiary/aromatic N) is 1. The average Bonchev–Trinajstić information content (AvgIpc) is 2.56. The molecule has 0 saturated heterocycles. The van der Waals surface area contributed by atoms with Crippen molar-refractivity contribution in [2.75, 3.05) is 18.5 Å². The van der Waals surface area contributed by atoms with Crippen LogP contribution in [0.3, 0.4) is 0 Å². The zero-order chi connectivity index (χ0) is 18.1. The van der Waals surface area contributed by atoms with Gasteiger partial charge < -0.3 is 20.5 Å². The Morgan fingerprint density at radius 2 is 1.65 bits per heavy atom. The molecule has 0 amide bonds. The predicted octanol–water partition coefficient (Wildman–Crippen LogP) is 4.40. The van der Waals surface area contributed by atoms with Crippen LogP contribution in [0.1, 0.15) is 6.42 Å². The number of halogens is 4.